The fraction of sp³-hybridized carbons (Fsp3) is 0.522. The molecule has 0 amide bonds. The van der Waals surface area contributed by atoms with Gasteiger partial charge in [0.05, 0.1) is 5.69 Å². The van der Waals surface area contributed by atoms with Crippen LogP contribution in [-0.2, 0) is 7.05 Å². The summed E-state index contributed by atoms with van der Waals surface area (Å²) in [7, 11) is 1.84. The van der Waals surface area contributed by atoms with E-state index < -0.39 is 0 Å². The van der Waals surface area contributed by atoms with Crippen LogP contribution >= 0.6 is 11.3 Å². The quantitative estimate of drug-likeness (QED) is 0.560. The highest BCUT2D eigenvalue weighted by Gasteiger charge is 2.26. The molecule has 0 radical (unpaired) electrons. The lowest BCUT2D eigenvalue weighted by molar-refractivity contribution is 0.447. The molecule has 4 heteroatoms. The molecule has 1 aliphatic rings. The van der Waals surface area contributed by atoms with E-state index in [4.69, 9.17) is 0 Å². The molecule has 0 bridgehead atoms. The molecule has 27 heavy (non-hydrogen) atoms. The number of aromatic nitrogens is 2. The van der Waals surface area contributed by atoms with Gasteiger partial charge in [0, 0.05) is 34.6 Å². The Kier molecular flexibility index (Phi) is 4.79. The predicted octanol–water partition coefficient (Wildman–Crippen LogP) is 6.38. The Balaban J connectivity index is 1.90. The van der Waals surface area contributed by atoms with Crippen molar-refractivity contribution in [3.63, 3.8) is 0 Å². The van der Waals surface area contributed by atoms with Gasteiger partial charge in [-0.3, -0.25) is 4.79 Å². The molecular formula is C23H30N2OS. The SMILES string of the molecule is Cc1cc(-c2[nH]c3sc(C4CCCCC4)c(C)c3c2C(C)C)cn(C)c1=O. The maximum atomic E-state index is 12.1. The molecule has 1 saturated carbocycles. The Morgan fingerprint density at radius 2 is 1.89 bits per heavy atom. The molecule has 0 spiro atoms. The Bertz CT molecular complexity index is 1020. The largest absolute Gasteiger partial charge is 0.346 e. The number of thiophene rings is 1. The van der Waals surface area contributed by atoms with Gasteiger partial charge >= 0.3 is 0 Å². The third kappa shape index (κ3) is 3.08. The predicted molar refractivity (Wildman–Crippen MR) is 116 cm³/mol. The van der Waals surface area contributed by atoms with Gasteiger partial charge in [0.25, 0.3) is 5.56 Å². The van der Waals surface area contributed by atoms with Gasteiger partial charge in [0.15, 0.2) is 0 Å². The van der Waals surface area contributed by atoms with Crippen LogP contribution in [0.5, 0.6) is 0 Å². The van der Waals surface area contributed by atoms with Crippen molar-refractivity contribution in [2.75, 3.05) is 0 Å². The van der Waals surface area contributed by atoms with E-state index in [1.807, 2.05) is 37.6 Å². The zero-order chi connectivity index (χ0) is 19.3. The molecular weight excluding hydrogens is 352 g/mol. The second-order valence-electron chi connectivity index (χ2n) is 8.53. The normalized spacial score (nSPS) is 15.9. The van der Waals surface area contributed by atoms with E-state index in [1.54, 1.807) is 9.44 Å². The summed E-state index contributed by atoms with van der Waals surface area (Å²) in [6.45, 7) is 8.77. The van der Waals surface area contributed by atoms with Crippen molar-refractivity contribution < 1.29 is 0 Å². The van der Waals surface area contributed by atoms with Crippen LogP contribution in [0, 0.1) is 13.8 Å². The average Bonchev–Trinajstić information content (AvgIpc) is 3.17. The van der Waals surface area contributed by atoms with Crippen LogP contribution in [0.1, 0.15) is 79.4 Å². The lowest BCUT2D eigenvalue weighted by Crippen LogP contribution is -2.18. The summed E-state index contributed by atoms with van der Waals surface area (Å²) < 4.78 is 1.70. The zero-order valence-corrected chi connectivity index (χ0v) is 17.9. The van der Waals surface area contributed by atoms with Gasteiger partial charge in [-0.1, -0.05) is 33.1 Å². The van der Waals surface area contributed by atoms with E-state index in [0.717, 1.165) is 17.0 Å². The maximum absolute atomic E-state index is 12.1. The molecule has 1 fully saturated rings. The topological polar surface area (TPSA) is 37.8 Å². The lowest BCUT2D eigenvalue weighted by atomic mass is 9.86. The molecule has 1 N–H and O–H groups in total. The van der Waals surface area contributed by atoms with Crippen LogP contribution in [0.15, 0.2) is 17.1 Å². The number of rotatable bonds is 3. The molecule has 4 rings (SSSR count). The Hall–Kier alpha value is -1.81. The first-order chi connectivity index (χ1) is 12.9. The van der Waals surface area contributed by atoms with Crippen LogP contribution in [0.2, 0.25) is 0 Å². The molecule has 0 aliphatic heterocycles. The first-order valence-corrected chi connectivity index (χ1v) is 11.0. The molecule has 1 aliphatic carbocycles. The number of hydrogen-bond acceptors (Lipinski definition) is 2. The number of aryl methyl sites for hydroxylation is 3. The van der Waals surface area contributed by atoms with Crippen molar-refractivity contribution in [1.29, 1.82) is 0 Å². The van der Waals surface area contributed by atoms with Gasteiger partial charge < -0.3 is 9.55 Å². The molecule has 0 aromatic carbocycles. The van der Waals surface area contributed by atoms with E-state index in [-0.39, 0.29) is 5.56 Å². The molecule has 0 unspecified atom stereocenters. The van der Waals surface area contributed by atoms with E-state index in [9.17, 15) is 4.79 Å². The van der Waals surface area contributed by atoms with E-state index in [1.165, 1.54) is 59.1 Å². The standard InChI is InChI=1S/C23H30N2OS/c1-13(2)18-19-15(4)21(16-9-7-6-8-10-16)27-22(19)24-20(18)17-11-14(3)23(26)25(5)12-17/h11-13,16,24H,6-10H2,1-5H3. The number of nitrogens with zero attached hydrogens (tertiary/aromatic N) is 1. The first kappa shape index (κ1) is 18.5. The number of fused-ring (bicyclic) bond motifs is 1. The zero-order valence-electron chi connectivity index (χ0n) is 17.1. The van der Waals surface area contributed by atoms with Gasteiger partial charge in [-0.05, 0) is 55.7 Å². The van der Waals surface area contributed by atoms with Crippen molar-refractivity contribution >= 4 is 21.6 Å². The van der Waals surface area contributed by atoms with Gasteiger partial charge in [0.2, 0.25) is 0 Å². The second kappa shape index (κ2) is 6.97. The minimum absolute atomic E-state index is 0.0778. The molecule has 0 atom stereocenters. The number of H-pyrrole nitrogens is 1. The fourth-order valence-electron chi connectivity index (χ4n) is 4.82. The van der Waals surface area contributed by atoms with E-state index in [0.29, 0.717) is 5.92 Å². The maximum Gasteiger partial charge on any atom is 0.253 e. The molecule has 3 heterocycles. The Labute approximate surface area is 165 Å². The Morgan fingerprint density at radius 1 is 1.19 bits per heavy atom. The first-order valence-electron chi connectivity index (χ1n) is 10.2. The highest BCUT2D eigenvalue weighted by molar-refractivity contribution is 7.19. The van der Waals surface area contributed by atoms with Gasteiger partial charge in [-0.15, -0.1) is 11.3 Å². The molecule has 144 valence electrons. The smallest absolute Gasteiger partial charge is 0.253 e. The highest BCUT2D eigenvalue weighted by Crippen LogP contribution is 2.46. The van der Waals surface area contributed by atoms with Gasteiger partial charge in [0.1, 0.15) is 4.83 Å². The van der Waals surface area contributed by atoms with E-state index >= 15 is 0 Å². The molecule has 3 aromatic rings. The minimum Gasteiger partial charge on any atom is -0.346 e. The summed E-state index contributed by atoms with van der Waals surface area (Å²) in [5.74, 6) is 1.17. The van der Waals surface area contributed by atoms with Crippen molar-refractivity contribution in [2.24, 2.45) is 7.05 Å². The van der Waals surface area contributed by atoms with Crippen LogP contribution in [-0.4, -0.2) is 9.55 Å². The molecule has 0 saturated heterocycles. The van der Waals surface area contributed by atoms with Crippen molar-refractivity contribution in [2.45, 2.75) is 71.6 Å². The second-order valence-corrected chi connectivity index (χ2v) is 9.58. The molecule has 3 aromatic heterocycles. The van der Waals surface area contributed by atoms with Crippen molar-refractivity contribution in [3.8, 4) is 11.3 Å². The summed E-state index contributed by atoms with van der Waals surface area (Å²) in [4.78, 5) is 18.8. The van der Waals surface area contributed by atoms with E-state index in [2.05, 4.69) is 25.8 Å². The average molecular weight is 383 g/mol. The number of aromatic amines is 1. The lowest BCUT2D eigenvalue weighted by Gasteiger charge is -2.21. The van der Waals surface area contributed by atoms with Crippen LogP contribution < -0.4 is 5.56 Å². The van der Waals surface area contributed by atoms with Crippen LogP contribution in [0.25, 0.3) is 21.5 Å². The van der Waals surface area contributed by atoms with Gasteiger partial charge in [-0.25, -0.2) is 0 Å². The summed E-state index contributed by atoms with van der Waals surface area (Å²) in [5.41, 5.74) is 6.05. The fourth-order valence-corrected chi connectivity index (χ4v) is 6.22. The third-order valence-corrected chi connectivity index (χ3v) is 7.54. The van der Waals surface area contributed by atoms with Crippen molar-refractivity contribution in [3.05, 3.63) is 44.2 Å². The number of hydrogen-bond donors (Lipinski definition) is 1. The van der Waals surface area contributed by atoms with Crippen LogP contribution in [0.3, 0.4) is 0 Å². The monoisotopic (exact) mass is 382 g/mol. The summed E-state index contributed by atoms with van der Waals surface area (Å²) in [6.07, 6.45) is 8.78. The minimum atomic E-state index is 0.0778. The van der Waals surface area contributed by atoms with Gasteiger partial charge in [-0.2, -0.15) is 0 Å². The summed E-state index contributed by atoms with van der Waals surface area (Å²) >= 11 is 1.96. The Morgan fingerprint density at radius 3 is 2.52 bits per heavy atom. The third-order valence-electron chi connectivity index (χ3n) is 6.17. The number of nitrogens with one attached hydrogen (secondary N) is 1. The highest BCUT2D eigenvalue weighted by atomic mass is 32.1. The van der Waals surface area contributed by atoms with Crippen LogP contribution in [0.4, 0.5) is 0 Å². The number of pyridine rings is 1. The van der Waals surface area contributed by atoms with Crippen molar-refractivity contribution in [1.82, 2.24) is 9.55 Å². The summed E-state index contributed by atoms with van der Waals surface area (Å²) in [5, 5.41) is 1.43. The molecule has 3 nitrogen and oxygen atoms in total. The summed E-state index contributed by atoms with van der Waals surface area (Å²) in [6, 6.07) is 2.03.